The number of benzene rings is 1. The van der Waals surface area contributed by atoms with E-state index >= 15 is 0 Å². The monoisotopic (exact) mass is 385 g/mol. The highest BCUT2D eigenvalue weighted by atomic mass is 16.2. The Morgan fingerprint density at radius 2 is 2.07 bits per heavy atom. The average molecular weight is 386 g/mol. The molecule has 0 aromatic heterocycles. The van der Waals surface area contributed by atoms with Gasteiger partial charge in [0, 0.05) is 25.7 Å². The number of hydrogen-bond donors (Lipinski definition) is 3. The molecule has 2 aliphatic heterocycles. The van der Waals surface area contributed by atoms with Crippen molar-refractivity contribution in [3.8, 4) is 0 Å². The fraction of sp³-hybridized carbons (Fsp3) is 0.545. The number of carbonyl (C=O) groups excluding carboxylic acids is 2. The van der Waals surface area contributed by atoms with Gasteiger partial charge in [-0.15, -0.1) is 0 Å². The molecule has 2 heterocycles. The number of hydrogen-bond acceptors (Lipinski definition) is 3. The molecule has 0 aliphatic carbocycles. The van der Waals surface area contributed by atoms with E-state index in [0.717, 1.165) is 30.8 Å². The Morgan fingerprint density at radius 1 is 1.29 bits per heavy atom. The summed E-state index contributed by atoms with van der Waals surface area (Å²) in [5.74, 6) is 0.0134. The zero-order chi connectivity index (χ0) is 19.9. The van der Waals surface area contributed by atoms with Crippen molar-refractivity contribution in [1.82, 2.24) is 15.8 Å². The van der Waals surface area contributed by atoms with Gasteiger partial charge in [-0.3, -0.25) is 20.0 Å². The number of aryl methyl sites for hydroxylation is 1. The molecule has 0 saturated carbocycles. The molecule has 3 rings (SSSR count). The molecule has 1 saturated heterocycles. The molecule has 2 atom stereocenters. The van der Waals surface area contributed by atoms with Crippen LogP contribution in [0, 0.1) is 0 Å². The summed E-state index contributed by atoms with van der Waals surface area (Å²) in [4.78, 5) is 26.1. The van der Waals surface area contributed by atoms with Gasteiger partial charge >= 0.3 is 0 Å². The minimum atomic E-state index is -0.000811. The number of hydrazine groups is 1. The van der Waals surface area contributed by atoms with Crippen molar-refractivity contribution < 1.29 is 14.5 Å². The molecule has 2 aliphatic rings. The van der Waals surface area contributed by atoms with Gasteiger partial charge in [0.15, 0.2) is 0 Å². The summed E-state index contributed by atoms with van der Waals surface area (Å²) in [7, 11) is 0. The fourth-order valence-corrected chi connectivity index (χ4v) is 4.07. The van der Waals surface area contributed by atoms with Gasteiger partial charge in [0.1, 0.15) is 6.04 Å². The van der Waals surface area contributed by atoms with Crippen LogP contribution in [0.3, 0.4) is 0 Å². The summed E-state index contributed by atoms with van der Waals surface area (Å²) < 4.78 is 0. The van der Waals surface area contributed by atoms with Gasteiger partial charge in [-0.25, -0.2) is 0 Å². The van der Waals surface area contributed by atoms with Crippen LogP contribution in [0.4, 0.5) is 0 Å². The maximum absolute atomic E-state index is 12.3. The van der Waals surface area contributed by atoms with Gasteiger partial charge in [0.25, 0.3) is 0 Å². The van der Waals surface area contributed by atoms with Gasteiger partial charge in [0.2, 0.25) is 11.8 Å². The number of carbonyl (C=O) groups is 2. The quantitative estimate of drug-likeness (QED) is 0.623. The molecular weight excluding hydrogens is 352 g/mol. The molecule has 2 amide bonds. The molecule has 0 spiro atoms. The van der Waals surface area contributed by atoms with E-state index in [-0.39, 0.29) is 11.8 Å². The Balaban J connectivity index is 1.47. The normalized spacial score (nSPS) is 22.0. The molecule has 1 aromatic rings. The molecule has 1 aromatic carbocycles. The predicted molar refractivity (Wildman–Crippen MR) is 110 cm³/mol. The van der Waals surface area contributed by atoms with Crippen LogP contribution in [0.1, 0.15) is 50.7 Å². The van der Waals surface area contributed by atoms with Crippen molar-refractivity contribution in [2.45, 2.75) is 52.0 Å². The lowest BCUT2D eigenvalue weighted by molar-refractivity contribution is -0.909. The zero-order valence-corrected chi connectivity index (χ0v) is 17.1. The fourth-order valence-electron chi connectivity index (χ4n) is 4.07. The molecule has 152 valence electrons. The van der Waals surface area contributed by atoms with Gasteiger partial charge in [0.05, 0.1) is 31.9 Å². The third-order valence-electron chi connectivity index (χ3n) is 5.90. The standard InChI is InChI=1S/C22H32N4O2/c1-3-17-7-9-18(10-8-17)20-11-12-22(28)26(24-20)15-13-21(27)23-16-19-6-5-14-25(19)4-2/h7-11,19,24H,3-6,12-16H2,1-2H3,(H,23,27)/p+1. The minimum absolute atomic E-state index is 0.000811. The van der Waals surface area contributed by atoms with Crippen molar-refractivity contribution in [3.63, 3.8) is 0 Å². The van der Waals surface area contributed by atoms with Crippen LogP contribution >= 0.6 is 0 Å². The number of rotatable bonds is 8. The molecule has 28 heavy (non-hydrogen) atoms. The van der Waals surface area contributed by atoms with Crippen LogP contribution in [-0.2, 0) is 16.0 Å². The summed E-state index contributed by atoms with van der Waals surface area (Å²) in [6.07, 6.45) is 6.02. The summed E-state index contributed by atoms with van der Waals surface area (Å²) in [5.41, 5.74) is 6.46. The molecule has 1 fully saturated rings. The van der Waals surface area contributed by atoms with Crippen LogP contribution < -0.4 is 15.6 Å². The number of nitrogens with zero attached hydrogens (tertiary/aromatic N) is 1. The van der Waals surface area contributed by atoms with Gasteiger partial charge in [-0.1, -0.05) is 31.2 Å². The third kappa shape index (κ3) is 5.13. The van der Waals surface area contributed by atoms with Crippen LogP contribution in [0.2, 0.25) is 0 Å². The lowest BCUT2D eigenvalue weighted by Crippen LogP contribution is -3.14. The number of quaternary nitrogens is 1. The minimum Gasteiger partial charge on any atom is -0.350 e. The molecule has 2 unspecified atom stereocenters. The van der Waals surface area contributed by atoms with Gasteiger partial charge in [-0.2, -0.15) is 0 Å². The highest BCUT2D eigenvalue weighted by molar-refractivity contribution is 5.84. The van der Waals surface area contributed by atoms with Crippen molar-refractivity contribution in [3.05, 3.63) is 41.5 Å². The summed E-state index contributed by atoms with van der Waals surface area (Å²) in [6, 6.07) is 8.89. The van der Waals surface area contributed by atoms with E-state index in [2.05, 4.69) is 48.9 Å². The van der Waals surface area contributed by atoms with E-state index in [1.807, 2.05) is 6.08 Å². The summed E-state index contributed by atoms with van der Waals surface area (Å²) >= 11 is 0. The lowest BCUT2D eigenvalue weighted by atomic mass is 10.1. The molecule has 3 N–H and O–H groups in total. The van der Waals surface area contributed by atoms with Crippen LogP contribution in [0.25, 0.3) is 5.70 Å². The van der Waals surface area contributed by atoms with Crippen molar-refractivity contribution >= 4 is 17.5 Å². The first-order chi connectivity index (χ1) is 13.6. The highest BCUT2D eigenvalue weighted by Crippen LogP contribution is 2.18. The van der Waals surface area contributed by atoms with Crippen molar-refractivity contribution in [2.24, 2.45) is 0 Å². The number of amides is 2. The summed E-state index contributed by atoms with van der Waals surface area (Å²) in [5, 5.41) is 4.63. The van der Waals surface area contributed by atoms with Gasteiger partial charge in [-0.05, 0) is 30.5 Å². The first-order valence-corrected chi connectivity index (χ1v) is 10.6. The predicted octanol–water partition coefficient (Wildman–Crippen LogP) is 0.900. The largest absolute Gasteiger partial charge is 0.350 e. The first-order valence-electron chi connectivity index (χ1n) is 10.6. The highest BCUT2D eigenvalue weighted by Gasteiger charge is 2.27. The van der Waals surface area contributed by atoms with E-state index in [9.17, 15) is 9.59 Å². The van der Waals surface area contributed by atoms with E-state index in [1.165, 1.54) is 24.9 Å². The Hall–Kier alpha value is -2.34. The Bertz CT molecular complexity index is 714. The van der Waals surface area contributed by atoms with Crippen LogP contribution in [0.5, 0.6) is 0 Å². The van der Waals surface area contributed by atoms with E-state index in [4.69, 9.17) is 0 Å². The lowest BCUT2D eigenvalue weighted by Gasteiger charge is -2.29. The Kier molecular flexibility index (Phi) is 7.09. The van der Waals surface area contributed by atoms with E-state index in [0.29, 0.717) is 25.4 Å². The molecular formula is C22H33N4O2+. The van der Waals surface area contributed by atoms with Crippen LogP contribution in [-0.4, -0.2) is 49.0 Å². The number of likely N-dealkylation sites (tertiary alicyclic amines) is 1. The van der Waals surface area contributed by atoms with Gasteiger partial charge < -0.3 is 10.2 Å². The maximum atomic E-state index is 12.3. The molecule has 6 nitrogen and oxygen atoms in total. The zero-order valence-electron chi connectivity index (χ0n) is 17.1. The third-order valence-corrected chi connectivity index (χ3v) is 5.90. The topological polar surface area (TPSA) is 65.9 Å². The smallest absolute Gasteiger partial charge is 0.244 e. The number of nitrogens with one attached hydrogen (secondary N) is 3. The Morgan fingerprint density at radius 3 is 2.79 bits per heavy atom. The second-order valence-corrected chi connectivity index (χ2v) is 7.68. The van der Waals surface area contributed by atoms with Crippen molar-refractivity contribution in [1.29, 1.82) is 0 Å². The first kappa shape index (κ1) is 20.4. The van der Waals surface area contributed by atoms with Crippen molar-refractivity contribution in [2.75, 3.05) is 26.2 Å². The SMILES string of the molecule is CCc1ccc(C2=CCC(=O)N(CCC(=O)NCC3CCC[NH+]3CC)N2)cc1. The summed E-state index contributed by atoms with van der Waals surface area (Å²) in [6.45, 7) is 7.76. The van der Waals surface area contributed by atoms with E-state index < -0.39 is 0 Å². The average Bonchev–Trinajstić information content (AvgIpc) is 3.19. The number of likely N-dealkylation sites (N-methyl/N-ethyl adjacent to an activating group) is 1. The van der Waals surface area contributed by atoms with E-state index in [1.54, 1.807) is 9.91 Å². The maximum Gasteiger partial charge on any atom is 0.244 e. The molecule has 6 heteroatoms. The van der Waals surface area contributed by atoms with Crippen LogP contribution in [0.15, 0.2) is 30.3 Å². The Labute approximate surface area is 167 Å². The molecule has 0 radical (unpaired) electrons. The second kappa shape index (κ2) is 9.73. The second-order valence-electron chi connectivity index (χ2n) is 7.68. The molecule has 0 bridgehead atoms.